The third-order valence-electron chi connectivity index (χ3n) is 2.11. The summed E-state index contributed by atoms with van der Waals surface area (Å²) in [5, 5.41) is 0. The lowest BCUT2D eigenvalue weighted by molar-refractivity contribution is 0.414. The summed E-state index contributed by atoms with van der Waals surface area (Å²) < 4.78 is 28.6. The van der Waals surface area contributed by atoms with Crippen LogP contribution in [0.25, 0.3) is 0 Å². The molecule has 1 aromatic carbocycles. The molecule has 0 fully saturated rings. The number of aryl methyl sites for hydroxylation is 1. The second-order valence-electron chi connectivity index (χ2n) is 3.00. The van der Waals surface area contributed by atoms with E-state index in [0.717, 1.165) is 0 Å². The Labute approximate surface area is 105 Å². The highest BCUT2D eigenvalue weighted by Crippen LogP contribution is 2.26. The summed E-state index contributed by atoms with van der Waals surface area (Å²) in [6.07, 6.45) is 0.535. The largest absolute Gasteiger partial charge is 0.497 e. The number of hydrogen-bond donors (Lipinski definition) is 0. The normalized spacial score (nSPS) is 11.8. The summed E-state index contributed by atoms with van der Waals surface area (Å²) in [7, 11) is -2.32. The summed E-state index contributed by atoms with van der Waals surface area (Å²) in [6.45, 7) is 1.83. The first-order valence-corrected chi connectivity index (χ1v) is 6.59. The van der Waals surface area contributed by atoms with Crippen molar-refractivity contribution in [2.45, 2.75) is 18.2 Å². The van der Waals surface area contributed by atoms with Crippen LogP contribution in [0.1, 0.15) is 12.5 Å². The first-order chi connectivity index (χ1) is 7.43. The van der Waals surface area contributed by atoms with Crippen molar-refractivity contribution in [1.29, 1.82) is 0 Å². The van der Waals surface area contributed by atoms with Crippen LogP contribution in [0.3, 0.4) is 0 Å². The van der Waals surface area contributed by atoms with Crippen molar-refractivity contribution in [2.24, 2.45) is 0 Å². The van der Waals surface area contributed by atoms with E-state index in [1.165, 1.54) is 13.2 Å². The molecule has 1 rings (SSSR count). The lowest BCUT2D eigenvalue weighted by atomic mass is 10.1. The molecule has 0 unspecified atom stereocenters. The molecule has 1 aromatic rings. The third kappa shape index (κ3) is 2.60. The molecule has 0 aliphatic rings. The number of hydrogen-bond acceptors (Lipinski definition) is 3. The van der Waals surface area contributed by atoms with Crippen LogP contribution in [0.5, 0.6) is 5.75 Å². The van der Waals surface area contributed by atoms with Gasteiger partial charge < -0.3 is 4.74 Å². The average Bonchev–Trinajstić information content (AvgIpc) is 2.27. The van der Waals surface area contributed by atoms with Crippen LogP contribution in [0.15, 0.2) is 23.1 Å². The van der Waals surface area contributed by atoms with Gasteiger partial charge in [-0.3, -0.25) is 0 Å². The van der Waals surface area contributed by atoms with Gasteiger partial charge in [0.25, 0.3) is 10.0 Å². The van der Waals surface area contributed by atoms with Crippen molar-refractivity contribution in [1.82, 2.24) is 3.34 Å². The average molecular weight is 284 g/mol. The molecular formula is C9H11Cl2NO3S. The zero-order chi connectivity index (χ0) is 12.3. The Bertz CT molecular complexity index is 474. The minimum atomic E-state index is -3.84. The molecule has 0 aromatic heterocycles. The van der Waals surface area contributed by atoms with Crippen molar-refractivity contribution >= 4 is 33.6 Å². The molecule has 0 aliphatic carbocycles. The molecule has 16 heavy (non-hydrogen) atoms. The summed E-state index contributed by atoms with van der Waals surface area (Å²) in [4.78, 5) is 0.0841. The first kappa shape index (κ1) is 13.6. The molecule has 0 aliphatic heterocycles. The van der Waals surface area contributed by atoms with E-state index in [2.05, 4.69) is 0 Å². The van der Waals surface area contributed by atoms with E-state index < -0.39 is 10.0 Å². The van der Waals surface area contributed by atoms with Gasteiger partial charge in [-0.15, -0.1) is 0 Å². The van der Waals surface area contributed by atoms with E-state index in [9.17, 15) is 8.42 Å². The van der Waals surface area contributed by atoms with Crippen molar-refractivity contribution < 1.29 is 13.2 Å². The molecule has 0 radical (unpaired) electrons. The monoisotopic (exact) mass is 283 g/mol. The Morgan fingerprint density at radius 1 is 1.38 bits per heavy atom. The molecule has 90 valence electrons. The van der Waals surface area contributed by atoms with Crippen molar-refractivity contribution in [3.05, 3.63) is 23.8 Å². The van der Waals surface area contributed by atoms with Crippen LogP contribution in [-0.2, 0) is 16.4 Å². The van der Waals surface area contributed by atoms with Gasteiger partial charge in [0.05, 0.1) is 12.0 Å². The SMILES string of the molecule is CCc1cc(OC)ccc1S(=O)(=O)N(Cl)Cl. The minimum absolute atomic E-state index is 0.0841. The molecule has 0 N–H and O–H groups in total. The number of sulfonamides is 1. The van der Waals surface area contributed by atoms with E-state index >= 15 is 0 Å². The Balaban J connectivity index is 3.35. The maximum atomic E-state index is 11.7. The predicted molar refractivity (Wildman–Crippen MR) is 63.1 cm³/mol. The third-order valence-corrected chi connectivity index (χ3v) is 4.52. The fourth-order valence-corrected chi connectivity index (χ4v) is 2.65. The Kier molecular flexibility index (Phi) is 4.43. The first-order valence-electron chi connectivity index (χ1n) is 4.47. The number of methoxy groups -OCH3 is 1. The van der Waals surface area contributed by atoms with Crippen LogP contribution in [0.4, 0.5) is 0 Å². The predicted octanol–water partition coefficient (Wildman–Crippen LogP) is 2.56. The zero-order valence-electron chi connectivity index (χ0n) is 8.78. The molecule has 0 saturated carbocycles. The smallest absolute Gasteiger partial charge is 0.270 e. The highest BCUT2D eigenvalue weighted by molar-refractivity contribution is 7.91. The van der Waals surface area contributed by atoms with Crippen molar-refractivity contribution in [2.75, 3.05) is 7.11 Å². The topological polar surface area (TPSA) is 46.6 Å². The van der Waals surface area contributed by atoms with Crippen LogP contribution in [0, 0.1) is 0 Å². The molecule has 0 saturated heterocycles. The van der Waals surface area contributed by atoms with Crippen LogP contribution < -0.4 is 4.74 Å². The molecule has 7 heteroatoms. The Hall–Kier alpha value is -0.490. The molecule has 0 atom stereocenters. The maximum absolute atomic E-state index is 11.7. The van der Waals surface area contributed by atoms with E-state index in [0.29, 0.717) is 17.7 Å². The number of halogens is 2. The molecule has 0 bridgehead atoms. The Morgan fingerprint density at radius 3 is 2.44 bits per heavy atom. The lowest BCUT2D eigenvalue weighted by Gasteiger charge is -2.11. The van der Waals surface area contributed by atoms with Gasteiger partial charge in [0.15, 0.2) is 0 Å². The highest BCUT2D eigenvalue weighted by atomic mass is 35.5. The zero-order valence-corrected chi connectivity index (χ0v) is 11.1. The number of rotatable bonds is 4. The van der Waals surface area contributed by atoms with E-state index in [-0.39, 0.29) is 8.24 Å². The van der Waals surface area contributed by atoms with Crippen LogP contribution >= 0.6 is 23.6 Å². The summed E-state index contributed by atoms with van der Waals surface area (Å²) in [5.74, 6) is 0.589. The molecule has 4 nitrogen and oxygen atoms in total. The van der Waals surface area contributed by atoms with Crippen molar-refractivity contribution in [3.63, 3.8) is 0 Å². The van der Waals surface area contributed by atoms with Gasteiger partial charge in [0, 0.05) is 23.6 Å². The Morgan fingerprint density at radius 2 is 2.00 bits per heavy atom. The van der Waals surface area contributed by atoms with Gasteiger partial charge in [0.1, 0.15) is 5.75 Å². The van der Waals surface area contributed by atoms with Gasteiger partial charge in [-0.1, -0.05) is 6.92 Å². The van der Waals surface area contributed by atoms with Crippen LogP contribution in [-0.4, -0.2) is 18.9 Å². The van der Waals surface area contributed by atoms with Gasteiger partial charge in [-0.25, -0.2) is 8.42 Å². The maximum Gasteiger partial charge on any atom is 0.270 e. The van der Waals surface area contributed by atoms with Crippen molar-refractivity contribution in [3.8, 4) is 5.75 Å². The number of ether oxygens (including phenoxy) is 1. The van der Waals surface area contributed by atoms with Gasteiger partial charge in [-0.05, 0) is 33.5 Å². The second-order valence-corrected chi connectivity index (χ2v) is 6.01. The summed E-state index contributed by atoms with van der Waals surface area (Å²) in [6, 6.07) is 4.61. The molecular weight excluding hydrogens is 273 g/mol. The quantitative estimate of drug-likeness (QED) is 0.798. The van der Waals surface area contributed by atoms with Gasteiger partial charge in [-0.2, -0.15) is 0 Å². The number of nitrogens with zero attached hydrogens (tertiary/aromatic N) is 1. The molecule has 0 spiro atoms. The molecule has 0 amide bonds. The van der Waals surface area contributed by atoms with Crippen LogP contribution in [0.2, 0.25) is 0 Å². The lowest BCUT2D eigenvalue weighted by Crippen LogP contribution is -2.14. The second kappa shape index (κ2) is 5.23. The van der Waals surface area contributed by atoms with Gasteiger partial charge in [0.2, 0.25) is 0 Å². The molecule has 0 heterocycles. The number of benzene rings is 1. The minimum Gasteiger partial charge on any atom is -0.497 e. The fraction of sp³-hybridized carbons (Fsp3) is 0.333. The standard InChI is InChI=1S/C9H11Cl2NO3S/c1-3-7-6-8(15-2)4-5-9(7)16(13,14)12(10)11/h4-6H,3H2,1-2H3. The highest BCUT2D eigenvalue weighted by Gasteiger charge is 2.24. The van der Waals surface area contributed by atoms with E-state index in [1.54, 1.807) is 12.1 Å². The summed E-state index contributed by atoms with van der Waals surface area (Å²) in [5.41, 5.74) is 0.602. The summed E-state index contributed by atoms with van der Waals surface area (Å²) >= 11 is 10.6. The fourth-order valence-electron chi connectivity index (χ4n) is 1.29. The van der Waals surface area contributed by atoms with E-state index in [1.807, 2.05) is 6.92 Å². The van der Waals surface area contributed by atoms with Gasteiger partial charge >= 0.3 is 0 Å². The van der Waals surface area contributed by atoms with E-state index in [4.69, 9.17) is 28.3 Å².